The number of fused-ring (bicyclic) bond motifs is 1. The number of benzene rings is 2. The Morgan fingerprint density at radius 2 is 1.67 bits per heavy atom. The molecule has 0 aromatic heterocycles. The number of rotatable bonds is 4. The second-order valence-electron chi connectivity index (χ2n) is 5.24. The number of hydrogen-bond acceptors (Lipinski definition) is 2. The summed E-state index contributed by atoms with van der Waals surface area (Å²) in [5, 5.41) is 0. The summed E-state index contributed by atoms with van der Waals surface area (Å²) in [6.45, 7) is 4.91. The van der Waals surface area contributed by atoms with Crippen LogP contribution >= 0.6 is 0 Å². The van der Waals surface area contributed by atoms with Crippen LogP contribution < -0.4 is 10.6 Å². The van der Waals surface area contributed by atoms with Gasteiger partial charge >= 0.3 is 0 Å². The van der Waals surface area contributed by atoms with Crippen molar-refractivity contribution in [3.05, 3.63) is 78.5 Å². The lowest BCUT2D eigenvalue weighted by Crippen LogP contribution is -2.21. The van der Waals surface area contributed by atoms with Gasteiger partial charge in [-0.25, -0.2) is 0 Å². The van der Waals surface area contributed by atoms with E-state index in [4.69, 9.17) is 5.73 Å². The van der Waals surface area contributed by atoms with Crippen LogP contribution in [0.1, 0.15) is 18.4 Å². The van der Waals surface area contributed by atoms with E-state index in [0.29, 0.717) is 6.54 Å². The Kier molecular flexibility index (Phi) is 3.89. The largest absolute Gasteiger partial charge is 0.330 e. The van der Waals surface area contributed by atoms with E-state index >= 15 is 0 Å². The molecular formula is C19H20N2. The van der Waals surface area contributed by atoms with Crippen LogP contribution in [-0.2, 0) is 0 Å². The molecule has 0 amide bonds. The smallest absolute Gasteiger partial charge is 0.0536 e. The molecule has 0 atom stereocenters. The monoisotopic (exact) mass is 276 g/mol. The Bertz CT molecular complexity index is 671. The minimum absolute atomic E-state index is 0.702. The van der Waals surface area contributed by atoms with Gasteiger partial charge in [0.05, 0.1) is 5.69 Å². The average molecular weight is 276 g/mol. The first-order chi connectivity index (χ1) is 10.3. The van der Waals surface area contributed by atoms with Crippen molar-refractivity contribution < 1.29 is 0 Å². The van der Waals surface area contributed by atoms with Crippen molar-refractivity contribution in [1.29, 1.82) is 0 Å². The van der Waals surface area contributed by atoms with E-state index in [0.717, 1.165) is 18.4 Å². The third-order valence-corrected chi connectivity index (χ3v) is 3.77. The highest BCUT2D eigenvalue weighted by Gasteiger charge is 2.22. The number of allylic oxidation sites excluding steroid dienone is 3. The van der Waals surface area contributed by atoms with Crippen LogP contribution in [0.25, 0.3) is 5.57 Å². The number of para-hydroxylation sites is 2. The molecule has 2 aromatic rings. The fraction of sp³-hybridized carbons (Fsp3) is 0.158. The van der Waals surface area contributed by atoms with Crippen molar-refractivity contribution in [2.24, 2.45) is 5.73 Å². The summed E-state index contributed by atoms with van der Waals surface area (Å²) in [7, 11) is 0. The zero-order valence-corrected chi connectivity index (χ0v) is 12.1. The summed E-state index contributed by atoms with van der Waals surface area (Å²) >= 11 is 0. The van der Waals surface area contributed by atoms with Crippen molar-refractivity contribution in [2.45, 2.75) is 12.8 Å². The van der Waals surface area contributed by atoms with Crippen LogP contribution in [0.5, 0.6) is 0 Å². The number of anilines is 2. The molecule has 0 saturated heterocycles. The molecule has 2 N–H and O–H groups in total. The van der Waals surface area contributed by atoms with Gasteiger partial charge < -0.3 is 10.6 Å². The Morgan fingerprint density at radius 3 is 2.43 bits per heavy atom. The third kappa shape index (κ3) is 2.63. The van der Waals surface area contributed by atoms with Gasteiger partial charge in [-0.05, 0) is 49.2 Å². The molecule has 0 bridgehead atoms. The highest BCUT2D eigenvalue weighted by Crippen LogP contribution is 2.41. The van der Waals surface area contributed by atoms with Crippen molar-refractivity contribution in [3.63, 3.8) is 0 Å². The molecule has 2 nitrogen and oxygen atoms in total. The summed E-state index contributed by atoms with van der Waals surface area (Å²) in [5.41, 5.74) is 11.6. The standard InChI is InChI=1S/C19H20N2/c1-15-14-17(10-7-13-20)21(16-8-3-2-4-9-16)19-12-6-5-11-18(15)19/h2-6,8-9,11-12,14H,1,7,10,13,20H2. The van der Waals surface area contributed by atoms with E-state index in [9.17, 15) is 0 Å². The molecule has 2 aromatic carbocycles. The minimum Gasteiger partial charge on any atom is -0.330 e. The van der Waals surface area contributed by atoms with Gasteiger partial charge in [0, 0.05) is 16.9 Å². The van der Waals surface area contributed by atoms with E-state index < -0.39 is 0 Å². The summed E-state index contributed by atoms with van der Waals surface area (Å²) in [6.07, 6.45) is 4.12. The van der Waals surface area contributed by atoms with Crippen LogP contribution in [0.2, 0.25) is 0 Å². The van der Waals surface area contributed by atoms with E-state index in [-0.39, 0.29) is 0 Å². The van der Waals surface area contributed by atoms with E-state index in [1.54, 1.807) is 0 Å². The quantitative estimate of drug-likeness (QED) is 0.892. The van der Waals surface area contributed by atoms with Gasteiger partial charge in [-0.15, -0.1) is 0 Å². The van der Waals surface area contributed by atoms with Crippen LogP contribution in [0.3, 0.4) is 0 Å². The van der Waals surface area contributed by atoms with Crippen LogP contribution in [0.15, 0.2) is 72.9 Å². The maximum absolute atomic E-state index is 5.69. The lowest BCUT2D eigenvalue weighted by Gasteiger charge is -2.33. The second-order valence-corrected chi connectivity index (χ2v) is 5.24. The predicted octanol–water partition coefficient (Wildman–Crippen LogP) is 4.47. The second kappa shape index (κ2) is 5.98. The number of hydrogen-bond donors (Lipinski definition) is 1. The van der Waals surface area contributed by atoms with Gasteiger partial charge in [0.1, 0.15) is 0 Å². The molecular weight excluding hydrogens is 256 g/mol. The molecule has 2 heteroatoms. The van der Waals surface area contributed by atoms with Gasteiger partial charge in [0.2, 0.25) is 0 Å². The first kappa shape index (κ1) is 13.7. The molecule has 106 valence electrons. The van der Waals surface area contributed by atoms with E-state index in [1.807, 2.05) is 6.07 Å². The predicted molar refractivity (Wildman–Crippen MR) is 90.4 cm³/mol. The fourth-order valence-electron chi connectivity index (χ4n) is 2.79. The molecule has 0 fully saturated rings. The molecule has 3 rings (SSSR count). The topological polar surface area (TPSA) is 29.3 Å². The van der Waals surface area contributed by atoms with Crippen molar-refractivity contribution in [2.75, 3.05) is 11.4 Å². The molecule has 1 aliphatic heterocycles. The van der Waals surface area contributed by atoms with Gasteiger partial charge in [0.15, 0.2) is 0 Å². The van der Waals surface area contributed by atoms with Crippen LogP contribution in [0.4, 0.5) is 11.4 Å². The van der Waals surface area contributed by atoms with Crippen LogP contribution in [-0.4, -0.2) is 6.54 Å². The number of nitrogens with two attached hydrogens (primary N) is 1. The van der Waals surface area contributed by atoms with Gasteiger partial charge in [-0.2, -0.15) is 0 Å². The lowest BCUT2D eigenvalue weighted by atomic mass is 9.96. The highest BCUT2D eigenvalue weighted by molar-refractivity contribution is 5.89. The van der Waals surface area contributed by atoms with Gasteiger partial charge in [-0.1, -0.05) is 43.0 Å². The lowest BCUT2D eigenvalue weighted by molar-refractivity contribution is 0.805. The molecule has 1 heterocycles. The highest BCUT2D eigenvalue weighted by atomic mass is 15.2. The number of nitrogens with zero attached hydrogens (tertiary/aromatic N) is 1. The Hall–Kier alpha value is -2.32. The zero-order chi connectivity index (χ0) is 14.7. The molecule has 0 saturated carbocycles. The molecule has 0 unspecified atom stereocenters. The SMILES string of the molecule is C=C1C=C(CCCN)N(c2ccccc2)c2ccccc21. The normalized spacial score (nSPS) is 13.9. The molecule has 1 aliphatic rings. The summed E-state index contributed by atoms with van der Waals surface area (Å²) in [6, 6.07) is 18.9. The summed E-state index contributed by atoms with van der Waals surface area (Å²) < 4.78 is 0. The molecule has 21 heavy (non-hydrogen) atoms. The summed E-state index contributed by atoms with van der Waals surface area (Å²) in [4.78, 5) is 2.32. The van der Waals surface area contributed by atoms with Crippen LogP contribution in [0, 0.1) is 0 Å². The van der Waals surface area contributed by atoms with Crippen molar-refractivity contribution in [3.8, 4) is 0 Å². The summed E-state index contributed by atoms with van der Waals surface area (Å²) in [5.74, 6) is 0. The Morgan fingerprint density at radius 1 is 0.952 bits per heavy atom. The Balaban J connectivity index is 2.10. The van der Waals surface area contributed by atoms with E-state index in [2.05, 4.69) is 66.1 Å². The van der Waals surface area contributed by atoms with Gasteiger partial charge in [-0.3, -0.25) is 0 Å². The Labute approximate surface area is 126 Å². The minimum atomic E-state index is 0.702. The molecule has 0 spiro atoms. The maximum Gasteiger partial charge on any atom is 0.0536 e. The average Bonchev–Trinajstić information content (AvgIpc) is 2.54. The fourth-order valence-corrected chi connectivity index (χ4v) is 2.79. The molecule has 0 aliphatic carbocycles. The maximum atomic E-state index is 5.69. The van der Waals surface area contributed by atoms with Crippen molar-refractivity contribution >= 4 is 16.9 Å². The zero-order valence-electron chi connectivity index (χ0n) is 12.1. The van der Waals surface area contributed by atoms with Gasteiger partial charge in [0.25, 0.3) is 0 Å². The van der Waals surface area contributed by atoms with Crippen molar-refractivity contribution in [1.82, 2.24) is 0 Å². The van der Waals surface area contributed by atoms with E-state index in [1.165, 1.54) is 22.6 Å². The third-order valence-electron chi connectivity index (χ3n) is 3.77. The first-order valence-corrected chi connectivity index (χ1v) is 7.35. The first-order valence-electron chi connectivity index (χ1n) is 7.35. The molecule has 0 radical (unpaired) electrons.